The number of unbranched alkanes of at least 4 members (excludes halogenated alkanes) is 12. The van der Waals surface area contributed by atoms with Crippen LogP contribution in [0.15, 0.2) is 36.5 Å². The summed E-state index contributed by atoms with van der Waals surface area (Å²) in [5.41, 5.74) is 0. The van der Waals surface area contributed by atoms with Crippen molar-refractivity contribution in [2.75, 3.05) is 13.2 Å². The van der Waals surface area contributed by atoms with E-state index in [2.05, 4.69) is 42.7 Å². The summed E-state index contributed by atoms with van der Waals surface area (Å²) in [7, 11) is -4.86. The molecule has 312 valence electrons. The topological polar surface area (TPSA) is 197 Å². The maximum absolute atomic E-state index is 12.8. The number of phosphoric ester groups is 1. The van der Waals surface area contributed by atoms with Crippen molar-refractivity contribution in [2.24, 2.45) is 11.8 Å². The zero-order chi connectivity index (χ0) is 40.0. The van der Waals surface area contributed by atoms with E-state index in [4.69, 9.17) is 19.3 Å². The van der Waals surface area contributed by atoms with E-state index in [9.17, 15) is 34.3 Å². The highest BCUT2D eigenvalue weighted by Crippen LogP contribution is 2.37. The van der Waals surface area contributed by atoms with E-state index in [1.165, 1.54) is 25.7 Å². The van der Waals surface area contributed by atoms with Crippen molar-refractivity contribution in [3.63, 3.8) is 0 Å². The summed E-state index contributed by atoms with van der Waals surface area (Å²) in [6, 6.07) is 0. The molecular weight excluding hydrogens is 715 g/mol. The lowest BCUT2D eigenvalue weighted by Crippen LogP contribution is -2.29. The second kappa shape index (κ2) is 31.0. The minimum Gasteiger partial charge on any atom is -0.462 e. The number of ketones is 1. The molecule has 1 saturated carbocycles. The summed E-state index contributed by atoms with van der Waals surface area (Å²) >= 11 is 0. The third kappa shape index (κ3) is 26.6. The van der Waals surface area contributed by atoms with Crippen molar-refractivity contribution >= 4 is 25.5 Å². The zero-order valence-electron chi connectivity index (χ0n) is 32.9. The van der Waals surface area contributed by atoms with Crippen LogP contribution in [-0.2, 0) is 32.9 Å². The zero-order valence-corrected chi connectivity index (χ0v) is 33.8. The van der Waals surface area contributed by atoms with Gasteiger partial charge in [0.25, 0.3) is 0 Å². The number of carbonyl (C=O) groups excluding carboxylic acids is 3. The van der Waals surface area contributed by atoms with E-state index >= 15 is 0 Å². The molecule has 1 aliphatic carbocycles. The van der Waals surface area contributed by atoms with Gasteiger partial charge in [0.05, 0.1) is 24.9 Å². The molecule has 0 amide bonds. The predicted octanol–water partition coefficient (Wildman–Crippen LogP) is 7.74. The molecule has 0 spiro atoms. The van der Waals surface area contributed by atoms with Gasteiger partial charge in [-0.1, -0.05) is 108 Å². The second-order valence-electron chi connectivity index (χ2n) is 14.6. The maximum Gasteiger partial charge on any atom is 0.469 e. The van der Waals surface area contributed by atoms with Crippen molar-refractivity contribution in [2.45, 2.75) is 180 Å². The Hall–Kier alpha value is -2.18. The quantitative estimate of drug-likeness (QED) is 0.0143. The average Bonchev–Trinajstić information content (AvgIpc) is 3.38. The van der Waals surface area contributed by atoms with Gasteiger partial charge in [-0.3, -0.25) is 18.9 Å². The lowest BCUT2D eigenvalue weighted by Gasteiger charge is -2.20. The van der Waals surface area contributed by atoms with E-state index in [0.29, 0.717) is 25.7 Å². The molecule has 1 fully saturated rings. The van der Waals surface area contributed by atoms with Gasteiger partial charge < -0.3 is 34.6 Å². The summed E-state index contributed by atoms with van der Waals surface area (Å²) in [6.45, 7) is 3.22. The number of esters is 2. The molecule has 0 heterocycles. The molecule has 0 unspecified atom stereocenters. The number of Topliss-reactive ketones (excluding diaryl/α,β-unsaturated/α-hetero) is 1. The average molecular weight is 787 g/mol. The molecule has 5 N–H and O–H groups in total. The van der Waals surface area contributed by atoms with Gasteiger partial charge in [0, 0.05) is 43.9 Å². The minimum absolute atomic E-state index is 0.0613. The molecule has 0 aromatic rings. The molecule has 1 rings (SSSR count). The number of hydrogen-bond donors (Lipinski definition) is 5. The third-order valence-corrected chi connectivity index (χ3v) is 10.1. The van der Waals surface area contributed by atoms with Crippen molar-refractivity contribution in [3.05, 3.63) is 36.5 Å². The fourth-order valence-corrected chi connectivity index (χ4v) is 6.84. The molecule has 0 aliphatic heterocycles. The molecule has 0 bridgehead atoms. The number of hydrogen-bond acceptors (Lipinski definition) is 10. The Kier molecular flexibility index (Phi) is 28.6. The van der Waals surface area contributed by atoms with E-state index in [0.717, 1.165) is 57.8 Å². The molecule has 0 saturated heterocycles. The van der Waals surface area contributed by atoms with Crippen LogP contribution in [0, 0.1) is 11.8 Å². The van der Waals surface area contributed by atoms with Crippen molar-refractivity contribution in [3.8, 4) is 0 Å². The molecule has 54 heavy (non-hydrogen) atoms. The molecular formula is C41H71O12P. The number of allylic oxidation sites excluding steroid dienone is 4. The molecule has 0 aromatic carbocycles. The molecule has 1 aliphatic rings. The highest BCUT2D eigenvalue weighted by molar-refractivity contribution is 7.46. The molecule has 13 heteroatoms. The monoisotopic (exact) mass is 786 g/mol. The van der Waals surface area contributed by atoms with Crippen molar-refractivity contribution in [1.82, 2.24) is 0 Å². The van der Waals surface area contributed by atoms with Crippen LogP contribution < -0.4 is 0 Å². The number of aliphatic hydroxyl groups excluding tert-OH is 3. The van der Waals surface area contributed by atoms with E-state index in [1.54, 1.807) is 12.2 Å². The number of aliphatic hydroxyl groups is 3. The Balaban J connectivity index is 2.35. The fraction of sp³-hybridized carbons (Fsp3) is 0.780. The van der Waals surface area contributed by atoms with Crippen LogP contribution in [0.5, 0.6) is 0 Å². The van der Waals surface area contributed by atoms with Crippen LogP contribution in [0.2, 0.25) is 0 Å². The smallest absolute Gasteiger partial charge is 0.462 e. The summed E-state index contributed by atoms with van der Waals surface area (Å²) in [5, 5.41) is 31.2. The van der Waals surface area contributed by atoms with Crippen molar-refractivity contribution in [1.29, 1.82) is 0 Å². The normalized spacial score (nSPS) is 20.3. The van der Waals surface area contributed by atoms with Crippen LogP contribution in [0.4, 0.5) is 0 Å². The predicted molar refractivity (Wildman–Crippen MR) is 209 cm³/mol. The molecule has 6 atom stereocenters. The lowest BCUT2D eigenvalue weighted by molar-refractivity contribution is -0.161. The Labute approximate surface area is 324 Å². The standard InChI is InChI=1S/C41H71O12P/c1-3-5-7-8-9-10-11-12-13-14-15-16-17-18-20-25-40(46)51-31-35(32-52-54(48,49)50)53-41(47)26-22-21-24-34(43)29-37-36(38(44)30-39(37)45)28-27-33(42)23-19-6-4-2/h10-13,27-28,33,35-39,42,44-45H,3-9,14-26,29-32H2,1-2H3,(H2,48,49,50)/b11-10-,13-12-,28-27+/t33-,35+,36+,37+,38+,39-/m0/s1. The Morgan fingerprint density at radius 2 is 1.31 bits per heavy atom. The summed E-state index contributed by atoms with van der Waals surface area (Å²) < 4.78 is 26.3. The second-order valence-corrected chi connectivity index (χ2v) is 15.8. The van der Waals surface area contributed by atoms with Gasteiger partial charge in [0.2, 0.25) is 0 Å². The van der Waals surface area contributed by atoms with E-state index in [-0.39, 0.29) is 37.9 Å². The van der Waals surface area contributed by atoms with Gasteiger partial charge >= 0.3 is 19.8 Å². The first kappa shape index (κ1) is 49.8. The van der Waals surface area contributed by atoms with Crippen LogP contribution >= 0.6 is 7.82 Å². The highest BCUT2D eigenvalue weighted by atomic mass is 31.2. The highest BCUT2D eigenvalue weighted by Gasteiger charge is 2.41. The SMILES string of the molecule is CCCCCC/C=C\C=C/CCCCCCCC(=O)OC[C@H](COP(=O)(O)O)OC(=O)CCCCC(=O)C[C@@H]1[C@@H](/C=C/[C@@H](O)CCCCC)[C@H](O)C[C@@H]1O. The summed E-state index contributed by atoms with van der Waals surface area (Å²) in [6.07, 6.45) is 25.0. The third-order valence-electron chi connectivity index (χ3n) is 9.64. The van der Waals surface area contributed by atoms with E-state index < -0.39 is 69.2 Å². The maximum atomic E-state index is 12.8. The molecule has 12 nitrogen and oxygen atoms in total. The van der Waals surface area contributed by atoms with Gasteiger partial charge in [-0.25, -0.2) is 4.57 Å². The Morgan fingerprint density at radius 3 is 1.98 bits per heavy atom. The van der Waals surface area contributed by atoms with Crippen LogP contribution in [0.3, 0.4) is 0 Å². The fourth-order valence-electron chi connectivity index (χ4n) is 6.48. The summed E-state index contributed by atoms with van der Waals surface area (Å²) in [5.74, 6) is -2.23. The number of carbonyl (C=O) groups is 3. The van der Waals surface area contributed by atoms with Crippen LogP contribution in [-0.4, -0.2) is 80.5 Å². The van der Waals surface area contributed by atoms with E-state index in [1.807, 2.05) is 0 Å². The van der Waals surface area contributed by atoms with Gasteiger partial charge in [-0.05, 0) is 51.4 Å². The lowest BCUT2D eigenvalue weighted by atomic mass is 9.87. The van der Waals surface area contributed by atoms with Gasteiger partial charge in [0.1, 0.15) is 12.4 Å². The largest absolute Gasteiger partial charge is 0.469 e. The van der Waals surface area contributed by atoms with Crippen LogP contribution in [0.1, 0.15) is 155 Å². The summed E-state index contributed by atoms with van der Waals surface area (Å²) in [4.78, 5) is 55.8. The Morgan fingerprint density at radius 1 is 0.741 bits per heavy atom. The minimum atomic E-state index is -4.86. The first-order valence-corrected chi connectivity index (χ1v) is 22.0. The number of rotatable bonds is 33. The van der Waals surface area contributed by atoms with Gasteiger partial charge in [0.15, 0.2) is 6.10 Å². The molecule has 0 radical (unpaired) electrons. The van der Waals surface area contributed by atoms with Gasteiger partial charge in [-0.2, -0.15) is 0 Å². The number of ether oxygens (including phenoxy) is 2. The van der Waals surface area contributed by atoms with Crippen LogP contribution in [0.25, 0.3) is 0 Å². The Bertz CT molecular complexity index is 1150. The van der Waals surface area contributed by atoms with Crippen molar-refractivity contribution < 1.29 is 58.1 Å². The first-order chi connectivity index (χ1) is 25.9. The first-order valence-electron chi connectivity index (χ1n) is 20.5. The molecule has 0 aromatic heterocycles. The van der Waals surface area contributed by atoms with Gasteiger partial charge in [-0.15, -0.1) is 0 Å². The number of phosphoric acid groups is 1.